The number of rotatable bonds is 7. The maximum absolute atomic E-state index is 13.4. The molecule has 3 rings (SSSR count). The van der Waals surface area contributed by atoms with Gasteiger partial charge in [0.05, 0.1) is 25.0 Å². The van der Waals surface area contributed by atoms with Crippen molar-refractivity contribution in [1.82, 2.24) is 0 Å². The van der Waals surface area contributed by atoms with E-state index in [1.54, 1.807) is 7.11 Å². The summed E-state index contributed by atoms with van der Waals surface area (Å²) in [6, 6.07) is 0. The summed E-state index contributed by atoms with van der Waals surface area (Å²) in [5, 5.41) is 8.79. The Kier molecular flexibility index (Phi) is 6.71. The molecule has 0 aromatic heterocycles. The Labute approximate surface area is 185 Å². The summed E-state index contributed by atoms with van der Waals surface area (Å²) in [4.78, 5) is 36.1. The van der Waals surface area contributed by atoms with E-state index in [1.807, 2.05) is 0 Å². The number of allylic oxidation sites excluding steroid dienone is 1. The second kappa shape index (κ2) is 8.68. The van der Waals surface area contributed by atoms with E-state index >= 15 is 0 Å². The van der Waals surface area contributed by atoms with Gasteiger partial charge in [-0.15, -0.1) is 0 Å². The van der Waals surface area contributed by atoms with Crippen LogP contribution >= 0.6 is 0 Å². The monoisotopic (exact) mass is 434 g/mol. The molecule has 31 heavy (non-hydrogen) atoms. The molecule has 0 aromatic carbocycles. The summed E-state index contributed by atoms with van der Waals surface area (Å²) >= 11 is 0. The number of fused-ring (bicyclic) bond motifs is 3. The molecular weight excluding hydrogens is 396 g/mol. The number of methoxy groups -OCH3 is 1. The first-order valence-electron chi connectivity index (χ1n) is 11.7. The second-order valence-electron chi connectivity index (χ2n) is 10.8. The van der Waals surface area contributed by atoms with Gasteiger partial charge < -0.3 is 14.6 Å². The summed E-state index contributed by atoms with van der Waals surface area (Å²) in [6.45, 7) is 9.00. The SMILES string of the molecule is CO[C@]1(C(C)C)C=C2C(=O)C[C@H]3[C@](C)(COC(=O)CCC(=O)O)CCC[C@]3(C)[C@H]2CC1. The predicted octanol–water partition coefficient (Wildman–Crippen LogP) is 4.56. The predicted molar refractivity (Wildman–Crippen MR) is 116 cm³/mol. The van der Waals surface area contributed by atoms with E-state index in [1.165, 1.54) is 0 Å². The van der Waals surface area contributed by atoms with Crippen LogP contribution in [0.4, 0.5) is 0 Å². The molecule has 174 valence electrons. The van der Waals surface area contributed by atoms with Crippen molar-refractivity contribution in [3.8, 4) is 0 Å². The number of hydrogen-bond acceptors (Lipinski definition) is 5. The number of carbonyl (C=O) groups excluding carboxylic acids is 2. The third-order valence-electron chi connectivity index (χ3n) is 8.67. The lowest BCUT2D eigenvalue weighted by molar-refractivity contribution is -0.159. The first-order chi connectivity index (χ1) is 14.5. The third-order valence-corrected chi connectivity index (χ3v) is 8.67. The molecule has 3 aliphatic carbocycles. The first-order valence-corrected chi connectivity index (χ1v) is 11.7. The van der Waals surface area contributed by atoms with Gasteiger partial charge in [0.25, 0.3) is 0 Å². The van der Waals surface area contributed by atoms with Crippen LogP contribution in [0.1, 0.15) is 79.1 Å². The lowest BCUT2D eigenvalue weighted by Crippen LogP contribution is -2.56. The van der Waals surface area contributed by atoms with Crippen molar-refractivity contribution in [1.29, 1.82) is 0 Å². The third kappa shape index (κ3) is 4.33. The van der Waals surface area contributed by atoms with Gasteiger partial charge in [-0.1, -0.05) is 34.1 Å². The van der Waals surface area contributed by atoms with Gasteiger partial charge in [-0.05, 0) is 60.5 Å². The molecule has 0 radical (unpaired) electrons. The maximum atomic E-state index is 13.4. The van der Waals surface area contributed by atoms with Crippen molar-refractivity contribution in [3.63, 3.8) is 0 Å². The molecule has 5 atom stereocenters. The lowest BCUT2D eigenvalue weighted by atomic mass is 9.45. The van der Waals surface area contributed by atoms with Gasteiger partial charge >= 0.3 is 11.9 Å². The minimum Gasteiger partial charge on any atom is -0.481 e. The highest BCUT2D eigenvalue weighted by molar-refractivity contribution is 5.97. The quantitative estimate of drug-likeness (QED) is 0.591. The van der Waals surface area contributed by atoms with Gasteiger partial charge in [-0.3, -0.25) is 14.4 Å². The Bertz CT molecular complexity index is 770. The number of aliphatic carboxylic acids is 1. The average Bonchev–Trinajstić information content (AvgIpc) is 2.72. The largest absolute Gasteiger partial charge is 0.481 e. The molecule has 0 heterocycles. The summed E-state index contributed by atoms with van der Waals surface area (Å²) in [6.07, 6.45) is 7.13. The average molecular weight is 435 g/mol. The molecule has 0 aliphatic heterocycles. The first kappa shape index (κ1) is 24.0. The van der Waals surface area contributed by atoms with Gasteiger partial charge in [-0.2, -0.15) is 0 Å². The molecule has 0 saturated heterocycles. The fourth-order valence-corrected chi connectivity index (χ4v) is 6.69. The zero-order valence-corrected chi connectivity index (χ0v) is 19.7. The number of ether oxygens (including phenoxy) is 2. The van der Waals surface area contributed by atoms with Crippen molar-refractivity contribution in [2.24, 2.45) is 28.6 Å². The number of hydrogen-bond donors (Lipinski definition) is 1. The number of ketones is 1. The zero-order chi connectivity index (χ0) is 23.0. The van der Waals surface area contributed by atoms with E-state index in [9.17, 15) is 14.4 Å². The van der Waals surface area contributed by atoms with Gasteiger partial charge in [0, 0.05) is 18.9 Å². The summed E-state index contributed by atoms with van der Waals surface area (Å²) in [7, 11) is 1.74. The summed E-state index contributed by atoms with van der Waals surface area (Å²) < 4.78 is 11.5. The van der Waals surface area contributed by atoms with Crippen LogP contribution in [0.2, 0.25) is 0 Å². The Hall–Kier alpha value is -1.69. The smallest absolute Gasteiger partial charge is 0.306 e. The van der Waals surface area contributed by atoms with Crippen LogP contribution in [0.15, 0.2) is 11.6 Å². The maximum Gasteiger partial charge on any atom is 0.306 e. The highest BCUT2D eigenvalue weighted by Crippen LogP contribution is 2.63. The van der Waals surface area contributed by atoms with E-state index in [-0.39, 0.29) is 53.5 Å². The minimum absolute atomic E-state index is 0.0168. The Morgan fingerprint density at radius 3 is 2.52 bits per heavy atom. The van der Waals surface area contributed by atoms with E-state index < -0.39 is 11.9 Å². The van der Waals surface area contributed by atoms with Gasteiger partial charge in [0.15, 0.2) is 5.78 Å². The molecule has 0 amide bonds. The minimum atomic E-state index is -1.00. The number of carbonyl (C=O) groups is 3. The molecule has 6 heteroatoms. The fourth-order valence-electron chi connectivity index (χ4n) is 6.69. The van der Waals surface area contributed by atoms with Crippen LogP contribution in [0.25, 0.3) is 0 Å². The van der Waals surface area contributed by atoms with Crippen LogP contribution in [-0.2, 0) is 23.9 Å². The molecular formula is C25H38O6. The molecule has 0 unspecified atom stereocenters. The molecule has 1 N–H and O–H groups in total. The summed E-state index contributed by atoms with van der Waals surface area (Å²) in [5.41, 5.74) is 0.281. The van der Waals surface area contributed by atoms with Crippen molar-refractivity contribution < 1.29 is 29.0 Å². The van der Waals surface area contributed by atoms with Crippen LogP contribution in [-0.4, -0.2) is 42.1 Å². The standard InChI is InChI=1S/C25H38O6/c1-16(2)25(30-5)12-9-18-17(14-25)19(26)13-20-23(3,10-6-11-24(18,20)4)15-31-22(29)8-7-21(27)28/h14,16,18,20H,6-13,15H2,1-5H3,(H,27,28)/t18-,20-,23-,24+,25-/m0/s1. The summed E-state index contributed by atoms with van der Waals surface area (Å²) in [5.74, 6) is -0.617. The molecule has 0 bridgehead atoms. The number of carboxylic acids is 1. The van der Waals surface area contributed by atoms with E-state index in [0.717, 1.165) is 37.7 Å². The van der Waals surface area contributed by atoms with Gasteiger partial charge in [-0.25, -0.2) is 0 Å². The number of esters is 1. The topological polar surface area (TPSA) is 89.9 Å². The van der Waals surface area contributed by atoms with Crippen molar-refractivity contribution in [3.05, 3.63) is 11.6 Å². The second-order valence-corrected chi connectivity index (χ2v) is 10.8. The van der Waals surface area contributed by atoms with Crippen LogP contribution in [0.3, 0.4) is 0 Å². The Balaban J connectivity index is 1.83. The van der Waals surface area contributed by atoms with Crippen molar-refractivity contribution >= 4 is 17.7 Å². The van der Waals surface area contributed by atoms with E-state index in [4.69, 9.17) is 14.6 Å². The molecule has 3 aliphatic rings. The lowest BCUT2D eigenvalue weighted by Gasteiger charge is -2.59. The van der Waals surface area contributed by atoms with Gasteiger partial charge in [0.1, 0.15) is 0 Å². The fraction of sp³-hybridized carbons (Fsp3) is 0.800. The normalized spacial score (nSPS) is 37.6. The van der Waals surface area contributed by atoms with Crippen LogP contribution in [0, 0.1) is 28.6 Å². The Morgan fingerprint density at radius 2 is 1.90 bits per heavy atom. The van der Waals surface area contributed by atoms with Crippen LogP contribution < -0.4 is 0 Å². The van der Waals surface area contributed by atoms with E-state index in [2.05, 4.69) is 33.8 Å². The van der Waals surface area contributed by atoms with Gasteiger partial charge in [0.2, 0.25) is 0 Å². The van der Waals surface area contributed by atoms with Crippen LogP contribution in [0.5, 0.6) is 0 Å². The molecule has 2 fully saturated rings. The molecule has 0 aromatic rings. The highest BCUT2D eigenvalue weighted by Gasteiger charge is 2.59. The number of carboxylic acid groups (broad SMARTS) is 1. The zero-order valence-electron chi connectivity index (χ0n) is 19.7. The number of Topliss-reactive ketones (excluding diaryl/α,β-unsaturated/α-hetero) is 1. The van der Waals surface area contributed by atoms with E-state index in [0.29, 0.717) is 12.3 Å². The Morgan fingerprint density at radius 1 is 1.19 bits per heavy atom. The molecule has 6 nitrogen and oxygen atoms in total. The highest BCUT2D eigenvalue weighted by atomic mass is 16.5. The van der Waals surface area contributed by atoms with Crippen molar-refractivity contribution in [2.75, 3.05) is 13.7 Å². The molecule has 2 saturated carbocycles. The molecule has 0 spiro atoms. The van der Waals surface area contributed by atoms with Crippen molar-refractivity contribution in [2.45, 2.75) is 84.7 Å².